The van der Waals surface area contributed by atoms with E-state index in [0.717, 1.165) is 24.2 Å². The summed E-state index contributed by atoms with van der Waals surface area (Å²) in [7, 11) is 0. The molecule has 4 aromatic carbocycles. The molecule has 2 heteroatoms. The fraction of sp³-hybridized carbons (Fsp3) is 0.478. The predicted octanol–water partition coefficient (Wildman–Crippen LogP) is 13.0. The van der Waals surface area contributed by atoms with Crippen molar-refractivity contribution in [2.45, 2.75) is 142 Å². The first-order valence-corrected chi connectivity index (χ1v) is 19.3. The Bertz CT molecular complexity index is 1370. The van der Waals surface area contributed by atoms with Crippen molar-refractivity contribution >= 4 is 11.4 Å². The van der Waals surface area contributed by atoms with Crippen molar-refractivity contribution in [1.29, 1.82) is 0 Å². The molecule has 4 N–H and O–H groups in total. The summed E-state index contributed by atoms with van der Waals surface area (Å²) in [5.41, 5.74) is 24.9. The second-order valence-corrected chi connectivity index (χ2v) is 14.4. The van der Waals surface area contributed by atoms with E-state index in [1.807, 2.05) is 12.1 Å². The minimum atomic E-state index is 0.444. The molecule has 48 heavy (non-hydrogen) atoms. The molecule has 0 aliphatic rings. The van der Waals surface area contributed by atoms with Crippen LogP contribution in [0.15, 0.2) is 84.9 Å². The molecule has 0 bridgehead atoms. The standard InChI is InChI=1S/C46H64N2/c1-5-43(45-31-29-41(47)33-35(45)3)39-25-21-37(22-26-39)19-17-15-13-11-9-7-8-10-12-14-16-18-20-38-23-27-40(28-24-38)44(6-2)46-32-30-42(48)34-36(46)4/h21-34,43-44H,5-20,47-48H2,1-4H3. The molecule has 2 unspecified atom stereocenters. The fourth-order valence-corrected chi connectivity index (χ4v) is 7.71. The summed E-state index contributed by atoms with van der Waals surface area (Å²) in [6.45, 7) is 8.92. The minimum Gasteiger partial charge on any atom is -0.399 e. The Morgan fingerprint density at radius 1 is 0.417 bits per heavy atom. The molecule has 0 spiro atoms. The second-order valence-electron chi connectivity index (χ2n) is 14.4. The summed E-state index contributed by atoms with van der Waals surface area (Å²) in [6.07, 6.45) is 21.1. The van der Waals surface area contributed by atoms with Crippen molar-refractivity contribution < 1.29 is 0 Å². The largest absolute Gasteiger partial charge is 0.399 e. The molecule has 0 amide bonds. The van der Waals surface area contributed by atoms with Crippen LogP contribution in [0.2, 0.25) is 0 Å². The second kappa shape index (κ2) is 20.1. The maximum atomic E-state index is 5.99. The lowest BCUT2D eigenvalue weighted by atomic mass is 9.86. The molecule has 0 saturated heterocycles. The Morgan fingerprint density at radius 3 is 1.02 bits per heavy atom. The van der Waals surface area contributed by atoms with Crippen LogP contribution in [0.5, 0.6) is 0 Å². The molecular weight excluding hydrogens is 581 g/mol. The van der Waals surface area contributed by atoms with Crippen LogP contribution in [0.1, 0.15) is 160 Å². The maximum absolute atomic E-state index is 5.99. The van der Waals surface area contributed by atoms with Gasteiger partial charge in [-0.1, -0.05) is 139 Å². The van der Waals surface area contributed by atoms with E-state index in [1.54, 1.807) is 0 Å². The van der Waals surface area contributed by atoms with Crippen LogP contribution in [0.25, 0.3) is 0 Å². The zero-order valence-corrected chi connectivity index (χ0v) is 30.7. The van der Waals surface area contributed by atoms with E-state index >= 15 is 0 Å². The van der Waals surface area contributed by atoms with Crippen LogP contribution in [0.4, 0.5) is 11.4 Å². The third-order valence-electron chi connectivity index (χ3n) is 10.6. The van der Waals surface area contributed by atoms with Crippen LogP contribution in [0, 0.1) is 13.8 Å². The van der Waals surface area contributed by atoms with Gasteiger partial charge in [-0.05, 0) is 121 Å². The number of aryl methyl sites for hydroxylation is 4. The molecule has 258 valence electrons. The Hall–Kier alpha value is -3.52. The van der Waals surface area contributed by atoms with Gasteiger partial charge in [0.2, 0.25) is 0 Å². The summed E-state index contributed by atoms with van der Waals surface area (Å²) < 4.78 is 0. The quantitative estimate of drug-likeness (QED) is 0.0700. The number of nitrogen functional groups attached to an aromatic ring is 2. The van der Waals surface area contributed by atoms with Gasteiger partial charge in [0.1, 0.15) is 0 Å². The predicted molar refractivity (Wildman–Crippen MR) is 211 cm³/mol. The molecule has 4 rings (SSSR count). The summed E-state index contributed by atoms with van der Waals surface area (Å²) in [5, 5.41) is 0. The molecule has 0 heterocycles. The van der Waals surface area contributed by atoms with E-state index in [1.165, 1.54) is 134 Å². The van der Waals surface area contributed by atoms with Gasteiger partial charge >= 0.3 is 0 Å². The van der Waals surface area contributed by atoms with E-state index < -0.39 is 0 Å². The van der Waals surface area contributed by atoms with Gasteiger partial charge in [-0.3, -0.25) is 0 Å². The van der Waals surface area contributed by atoms with Crippen LogP contribution >= 0.6 is 0 Å². The van der Waals surface area contributed by atoms with E-state index in [9.17, 15) is 0 Å². The summed E-state index contributed by atoms with van der Waals surface area (Å²) in [4.78, 5) is 0. The van der Waals surface area contributed by atoms with Crippen molar-refractivity contribution in [1.82, 2.24) is 0 Å². The van der Waals surface area contributed by atoms with Crippen LogP contribution < -0.4 is 11.5 Å². The van der Waals surface area contributed by atoms with Crippen LogP contribution in [0.3, 0.4) is 0 Å². The van der Waals surface area contributed by atoms with Crippen LogP contribution in [-0.2, 0) is 12.8 Å². The average molecular weight is 645 g/mol. The number of hydrogen-bond acceptors (Lipinski definition) is 2. The molecule has 0 aliphatic carbocycles. The normalized spacial score (nSPS) is 12.7. The Balaban J connectivity index is 0.993. The number of hydrogen-bond donors (Lipinski definition) is 2. The van der Waals surface area contributed by atoms with Gasteiger partial charge in [-0.15, -0.1) is 0 Å². The zero-order valence-electron chi connectivity index (χ0n) is 30.7. The van der Waals surface area contributed by atoms with Crippen molar-refractivity contribution in [2.75, 3.05) is 11.5 Å². The first-order valence-electron chi connectivity index (χ1n) is 19.3. The first-order chi connectivity index (χ1) is 23.4. The number of rotatable bonds is 21. The fourth-order valence-electron chi connectivity index (χ4n) is 7.71. The molecular formula is C46H64N2. The molecule has 0 radical (unpaired) electrons. The summed E-state index contributed by atoms with van der Waals surface area (Å²) >= 11 is 0. The smallest absolute Gasteiger partial charge is 0.0316 e. The number of unbranched alkanes of at least 4 members (excludes halogenated alkanes) is 11. The lowest BCUT2D eigenvalue weighted by Crippen LogP contribution is -2.03. The topological polar surface area (TPSA) is 52.0 Å². The highest BCUT2D eigenvalue weighted by Crippen LogP contribution is 2.33. The van der Waals surface area contributed by atoms with E-state index in [-0.39, 0.29) is 0 Å². The van der Waals surface area contributed by atoms with E-state index in [4.69, 9.17) is 11.5 Å². The SMILES string of the molecule is CCC(c1ccc(CCCCCCCCCCCCCCc2ccc(C(CC)c3ccc(N)cc3C)cc2)cc1)c1ccc(N)cc1C. The van der Waals surface area contributed by atoms with E-state index in [2.05, 4.69) is 100 Å². The van der Waals surface area contributed by atoms with Crippen LogP contribution in [-0.4, -0.2) is 0 Å². The maximum Gasteiger partial charge on any atom is 0.0316 e. The lowest BCUT2D eigenvalue weighted by molar-refractivity contribution is 0.540. The van der Waals surface area contributed by atoms with E-state index in [0.29, 0.717) is 11.8 Å². The van der Waals surface area contributed by atoms with Gasteiger partial charge in [0.15, 0.2) is 0 Å². The molecule has 0 saturated carbocycles. The highest BCUT2D eigenvalue weighted by molar-refractivity contribution is 5.49. The van der Waals surface area contributed by atoms with Gasteiger partial charge < -0.3 is 11.5 Å². The first kappa shape index (κ1) is 37.3. The molecule has 4 aromatic rings. The minimum absolute atomic E-state index is 0.444. The van der Waals surface area contributed by atoms with Gasteiger partial charge in [0.05, 0.1) is 0 Å². The van der Waals surface area contributed by atoms with Crippen molar-refractivity contribution in [3.8, 4) is 0 Å². The third-order valence-corrected chi connectivity index (χ3v) is 10.6. The number of anilines is 2. The average Bonchev–Trinajstić information content (AvgIpc) is 3.08. The lowest BCUT2D eigenvalue weighted by Gasteiger charge is -2.19. The number of nitrogens with two attached hydrogens (primary N) is 2. The molecule has 2 nitrogen and oxygen atoms in total. The summed E-state index contributed by atoms with van der Waals surface area (Å²) in [5.74, 6) is 0.888. The van der Waals surface area contributed by atoms with Crippen molar-refractivity contribution in [3.63, 3.8) is 0 Å². The molecule has 2 atom stereocenters. The zero-order chi connectivity index (χ0) is 34.1. The van der Waals surface area contributed by atoms with Gasteiger partial charge in [-0.2, -0.15) is 0 Å². The Labute approximate surface area is 293 Å². The Kier molecular flexibility index (Phi) is 15.6. The highest BCUT2D eigenvalue weighted by atomic mass is 14.5. The molecule has 0 aromatic heterocycles. The van der Waals surface area contributed by atoms with Crippen molar-refractivity contribution in [3.05, 3.63) is 129 Å². The van der Waals surface area contributed by atoms with Gasteiger partial charge in [0, 0.05) is 23.2 Å². The number of benzene rings is 4. The van der Waals surface area contributed by atoms with Gasteiger partial charge in [-0.25, -0.2) is 0 Å². The molecule has 0 aliphatic heterocycles. The summed E-state index contributed by atoms with van der Waals surface area (Å²) in [6, 6.07) is 31.5. The highest BCUT2D eigenvalue weighted by Gasteiger charge is 2.16. The Morgan fingerprint density at radius 2 is 0.729 bits per heavy atom. The van der Waals surface area contributed by atoms with Gasteiger partial charge in [0.25, 0.3) is 0 Å². The molecule has 0 fully saturated rings. The third kappa shape index (κ3) is 11.6. The van der Waals surface area contributed by atoms with Crippen molar-refractivity contribution in [2.24, 2.45) is 0 Å². The monoisotopic (exact) mass is 645 g/mol.